The SMILES string of the molecule is CCCCOC(=O)c1cccc(NC(=O)c2ccc(CC)cc2)c1. The number of amides is 1. The van der Waals surface area contributed by atoms with Crippen LogP contribution in [0, 0.1) is 0 Å². The number of carbonyl (C=O) groups is 2. The van der Waals surface area contributed by atoms with Crippen LogP contribution in [-0.4, -0.2) is 18.5 Å². The zero-order valence-corrected chi connectivity index (χ0v) is 14.2. The van der Waals surface area contributed by atoms with Crippen LogP contribution in [0.3, 0.4) is 0 Å². The molecule has 24 heavy (non-hydrogen) atoms. The number of benzene rings is 2. The minimum atomic E-state index is -0.369. The third-order valence-electron chi connectivity index (χ3n) is 3.71. The maximum absolute atomic E-state index is 12.3. The number of hydrogen-bond donors (Lipinski definition) is 1. The van der Waals surface area contributed by atoms with Gasteiger partial charge < -0.3 is 10.1 Å². The Morgan fingerprint density at radius 1 is 1.00 bits per heavy atom. The van der Waals surface area contributed by atoms with Gasteiger partial charge >= 0.3 is 5.97 Å². The van der Waals surface area contributed by atoms with Crippen LogP contribution < -0.4 is 5.32 Å². The average Bonchev–Trinajstić information content (AvgIpc) is 2.62. The van der Waals surface area contributed by atoms with E-state index in [1.165, 1.54) is 5.56 Å². The minimum absolute atomic E-state index is 0.200. The van der Waals surface area contributed by atoms with E-state index in [4.69, 9.17) is 4.74 Å². The van der Waals surface area contributed by atoms with Crippen LogP contribution in [-0.2, 0) is 11.2 Å². The molecule has 0 saturated heterocycles. The molecule has 2 aromatic rings. The van der Waals surface area contributed by atoms with Crippen molar-refractivity contribution in [2.45, 2.75) is 33.1 Å². The van der Waals surface area contributed by atoms with E-state index in [0.29, 0.717) is 23.4 Å². The van der Waals surface area contributed by atoms with Crippen molar-refractivity contribution in [1.29, 1.82) is 0 Å². The van der Waals surface area contributed by atoms with Gasteiger partial charge in [-0.05, 0) is 48.7 Å². The molecule has 0 fully saturated rings. The molecule has 0 heterocycles. The highest BCUT2D eigenvalue weighted by atomic mass is 16.5. The van der Waals surface area contributed by atoms with E-state index >= 15 is 0 Å². The van der Waals surface area contributed by atoms with E-state index in [1.807, 2.05) is 19.1 Å². The van der Waals surface area contributed by atoms with Gasteiger partial charge in [0.25, 0.3) is 5.91 Å². The lowest BCUT2D eigenvalue weighted by Crippen LogP contribution is -2.13. The quantitative estimate of drug-likeness (QED) is 0.604. The maximum Gasteiger partial charge on any atom is 0.338 e. The smallest absolute Gasteiger partial charge is 0.338 e. The van der Waals surface area contributed by atoms with Gasteiger partial charge in [-0.25, -0.2) is 4.79 Å². The molecule has 0 radical (unpaired) electrons. The second-order valence-electron chi connectivity index (χ2n) is 5.57. The fourth-order valence-electron chi connectivity index (χ4n) is 2.21. The minimum Gasteiger partial charge on any atom is -0.462 e. The molecule has 4 nitrogen and oxygen atoms in total. The van der Waals surface area contributed by atoms with Crippen LogP contribution in [0.2, 0.25) is 0 Å². The first-order chi connectivity index (χ1) is 11.6. The summed E-state index contributed by atoms with van der Waals surface area (Å²) in [6.45, 7) is 4.52. The number of anilines is 1. The van der Waals surface area contributed by atoms with Gasteiger partial charge in [0.15, 0.2) is 0 Å². The van der Waals surface area contributed by atoms with Gasteiger partial charge in [-0.15, -0.1) is 0 Å². The number of rotatable bonds is 7. The van der Waals surface area contributed by atoms with E-state index in [9.17, 15) is 9.59 Å². The molecule has 0 aliphatic heterocycles. The van der Waals surface area contributed by atoms with Crippen molar-refractivity contribution in [3.8, 4) is 0 Å². The molecule has 0 atom stereocenters. The Balaban J connectivity index is 2.02. The molecule has 126 valence electrons. The molecule has 0 unspecified atom stereocenters. The first-order valence-corrected chi connectivity index (χ1v) is 8.31. The molecule has 0 spiro atoms. The Hall–Kier alpha value is -2.62. The molecule has 0 saturated carbocycles. The molecule has 2 aromatic carbocycles. The third kappa shape index (κ3) is 4.95. The lowest BCUT2D eigenvalue weighted by Gasteiger charge is -2.08. The predicted molar refractivity (Wildman–Crippen MR) is 95.4 cm³/mol. The summed E-state index contributed by atoms with van der Waals surface area (Å²) in [5, 5.41) is 2.81. The lowest BCUT2D eigenvalue weighted by molar-refractivity contribution is 0.0499. The molecule has 2 rings (SSSR count). The van der Waals surface area contributed by atoms with E-state index in [-0.39, 0.29) is 11.9 Å². The Morgan fingerprint density at radius 3 is 2.42 bits per heavy atom. The van der Waals surface area contributed by atoms with E-state index in [2.05, 4.69) is 12.2 Å². The van der Waals surface area contributed by atoms with Crippen LogP contribution >= 0.6 is 0 Å². The van der Waals surface area contributed by atoms with Crippen LogP contribution in [0.5, 0.6) is 0 Å². The summed E-state index contributed by atoms with van der Waals surface area (Å²) in [6, 6.07) is 14.3. The number of aryl methyl sites for hydroxylation is 1. The standard InChI is InChI=1S/C20H23NO3/c1-3-5-13-24-20(23)17-7-6-8-18(14-17)21-19(22)16-11-9-15(4-2)10-12-16/h6-12,14H,3-5,13H2,1-2H3,(H,21,22). The summed E-state index contributed by atoms with van der Waals surface area (Å²) in [6.07, 6.45) is 2.75. The van der Waals surface area contributed by atoms with Crippen molar-refractivity contribution in [3.05, 3.63) is 65.2 Å². The molecular formula is C20H23NO3. The number of carbonyl (C=O) groups excluding carboxylic acids is 2. The molecule has 0 aliphatic rings. The summed E-state index contributed by atoms with van der Waals surface area (Å²) in [7, 11) is 0. The molecule has 0 bridgehead atoms. The van der Waals surface area contributed by atoms with Crippen LogP contribution in [0.1, 0.15) is 53.0 Å². The van der Waals surface area contributed by atoms with Crippen molar-refractivity contribution in [2.24, 2.45) is 0 Å². The van der Waals surface area contributed by atoms with E-state index < -0.39 is 0 Å². The second-order valence-corrected chi connectivity index (χ2v) is 5.57. The van der Waals surface area contributed by atoms with Crippen molar-refractivity contribution in [1.82, 2.24) is 0 Å². The number of unbranched alkanes of at least 4 members (excludes halogenated alkanes) is 1. The topological polar surface area (TPSA) is 55.4 Å². The number of ether oxygens (including phenoxy) is 1. The van der Waals surface area contributed by atoms with Crippen LogP contribution in [0.4, 0.5) is 5.69 Å². The normalized spacial score (nSPS) is 10.2. The molecule has 0 aromatic heterocycles. The fourth-order valence-corrected chi connectivity index (χ4v) is 2.21. The summed E-state index contributed by atoms with van der Waals surface area (Å²) >= 11 is 0. The number of esters is 1. The lowest BCUT2D eigenvalue weighted by atomic mass is 10.1. The Bertz CT molecular complexity index is 692. The van der Waals surface area contributed by atoms with Crippen molar-refractivity contribution in [3.63, 3.8) is 0 Å². The van der Waals surface area contributed by atoms with Gasteiger partial charge in [-0.2, -0.15) is 0 Å². The molecule has 1 amide bonds. The summed E-state index contributed by atoms with van der Waals surface area (Å²) in [5.41, 5.74) is 2.78. The van der Waals surface area contributed by atoms with Crippen molar-refractivity contribution >= 4 is 17.6 Å². The van der Waals surface area contributed by atoms with Crippen LogP contribution in [0.25, 0.3) is 0 Å². The van der Waals surface area contributed by atoms with Gasteiger partial charge in [-0.3, -0.25) is 4.79 Å². The zero-order valence-electron chi connectivity index (χ0n) is 14.2. The van der Waals surface area contributed by atoms with Gasteiger partial charge in [0.2, 0.25) is 0 Å². The van der Waals surface area contributed by atoms with Gasteiger partial charge in [-0.1, -0.05) is 38.5 Å². The summed E-state index contributed by atoms with van der Waals surface area (Å²) in [5.74, 6) is -0.569. The first-order valence-electron chi connectivity index (χ1n) is 8.31. The Kier molecular flexibility index (Phi) is 6.55. The molecule has 4 heteroatoms. The van der Waals surface area contributed by atoms with Crippen molar-refractivity contribution in [2.75, 3.05) is 11.9 Å². The zero-order chi connectivity index (χ0) is 17.4. The van der Waals surface area contributed by atoms with Gasteiger partial charge in [0.05, 0.1) is 12.2 Å². The summed E-state index contributed by atoms with van der Waals surface area (Å²) in [4.78, 5) is 24.2. The highest BCUT2D eigenvalue weighted by Crippen LogP contribution is 2.14. The number of hydrogen-bond acceptors (Lipinski definition) is 3. The highest BCUT2D eigenvalue weighted by Gasteiger charge is 2.10. The van der Waals surface area contributed by atoms with Gasteiger partial charge in [0, 0.05) is 11.3 Å². The molecular weight excluding hydrogens is 302 g/mol. The summed E-state index contributed by atoms with van der Waals surface area (Å²) < 4.78 is 5.19. The largest absolute Gasteiger partial charge is 0.462 e. The molecule has 1 N–H and O–H groups in total. The molecule has 0 aliphatic carbocycles. The van der Waals surface area contributed by atoms with E-state index in [1.54, 1.807) is 36.4 Å². The first kappa shape index (κ1) is 17.7. The second kappa shape index (κ2) is 8.87. The van der Waals surface area contributed by atoms with Gasteiger partial charge in [0.1, 0.15) is 0 Å². The maximum atomic E-state index is 12.3. The van der Waals surface area contributed by atoms with E-state index in [0.717, 1.165) is 19.3 Å². The third-order valence-corrected chi connectivity index (χ3v) is 3.71. The Morgan fingerprint density at radius 2 is 1.75 bits per heavy atom. The number of nitrogens with one attached hydrogen (secondary N) is 1. The van der Waals surface area contributed by atoms with Crippen LogP contribution in [0.15, 0.2) is 48.5 Å². The monoisotopic (exact) mass is 325 g/mol. The highest BCUT2D eigenvalue weighted by molar-refractivity contribution is 6.04. The predicted octanol–water partition coefficient (Wildman–Crippen LogP) is 4.46. The van der Waals surface area contributed by atoms with Crippen molar-refractivity contribution < 1.29 is 14.3 Å². The average molecular weight is 325 g/mol. The fraction of sp³-hybridized carbons (Fsp3) is 0.300. The Labute approximate surface area is 142 Å².